The molecule has 1 heterocycles. The topological polar surface area (TPSA) is 30.5 Å². The van der Waals surface area contributed by atoms with Crippen molar-refractivity contribution in [2.75, 3.05) is 26.8 Å². The lowest BCUT2D eigenvalue weighted by molar-refractivity contribution is 0.171. The summed E-state index contributed by atoms with van der Waals surface area (Å²) in [5.41, 5.74) is 1.43. The standard InChI is InChI=1S/C17H25NO2/c1-18-12-14-5-3-2-4-6-15(14)13-7-8-16-17(11-13)20-10-9-19-16/h7-8,11,14-15,18H,2-6,9-10,12H2,1H3. The fourth-order valence-electron chi connectivity index (χ4n) is 3.62. The monoisotopic (exact) mass is 275 g/mol. The van der Waals surface area contributed by atoms with E-state index in [0.717, 1.165) is 24.0 Å². The van der Waals surface area contributed by atoms with E-state index in [1.54, 1.807) is 0 Å². The summed E-state index contributed by atoms with van der Waals surface area (Å²) < 4.78 is 11.4. The molecular weight excluding hydrogens is 250 g/mol. The van der Waals surface area contributed by atoms with Gasteiger partial charge in [-0.3, -0.25) is 0 Å². The van der Waals surface area contributed by atoms with Crippen molar-refractivity contribution in [3.8, 4) is 11.5 Å². The smallest absolute Gasteiger partial charge is 0.161 e. The summed E-state index contributed by atoms with van der Waals surface area (Å²) in [5, 5.41) is 3.37. The summed E-state index contributed by atoms with van der Waals surface area (Å²) >= 11 is 0. The van der Waals surface area contributed by atoms with Crippen LogP contribution in [0.15, 0.2) is 18.2 Å². The molecule has 1 saturated carbocycles. The summed E-state index contributed by atoms with van der Waals surface area (Å²) in [6, 6.07) is 6.55. The zero-order valence-corrected chi connectivity index (χ0v) is 12.4. The van der Waals surface area contributed by atoms with Gasteiger partial charge in [0.2, 0.25) is 0 Å². The van der Waals surface area contributed by atoms with Gasteiger partial charge in [0.1, 0.15) is 13.2 Å². The van der Waals surface area contributed by atoms with Crippen LogP contribution in [0.3, 0.4) is 0 Å². The average Bonchev–Trinajstić information content (AvgIpc) is 2.73. The molecule has 20 heavy (non-hydrogen) atoms. The van der Waals surface area contributed by atoms with Crippen LogP contribution in [-0.4, -0.2) is 26.8 Å². The lowest BCUT2D eigenvalue weighted by Crippen LogP contribution is -2.24. The molecule has 1 aliphatic carbocycles. The molecule has 1 aromatic rings. The summed E-state index contributed by atoms with van der Waals surface area (Å²) in [7, 11) is 2.06. The molecule has 1 aromatic carbocycles. The highest BCUT2D eigenvalue weighted by Gasteiger charge is 2.26. The van der Waals surface area contributed by atoms with Crippen molar-refractivity contribution in [3.63, 3.8) is 0 Å². The van der Waals surface area contributed by atoms with Gasteiger partial charge in [-0.1, -0.05) is 25.3 Å². The van der Waals surface area contributed by atoms with Gasteiger partial charge in [-0.05, 0) is 56.0 Å². The fraction of sp³-hybridized carbons (Fsp3) is 0.647. The second-order valence-corrected chi connectivity index (χ2v) is 5.97. The van der Waals surface area contributed by atoms with Gasteiger partial charge >= 0.3 is 0 Å². The second-order valence-electron chi connectivity index (χ2n) is 5.97. The van der Waals surface area contributed by atoms with Gasteiger partial charge in [-0.25, -0.2) is 0 Å². The average molecular weight is 275 g/mol. The highest BCUT2D eigenvalue weighted by Crippen LogP contribution is 2.40. The van der Waals surface area contributed by atoms with E-state index < -0.39 is 0 Å². The number of hydrogen-bond acceptors (Lipinski definition) is 3. The minimum absolute atomic E-state index is 0.653. The first-order valence-electron chi connectivity index (χ1n) is 7.92. The minimum Gasteiger partial charge on any atom is -0.486 e. The number of benzene rings is 1. The van der Waals surface area contributed by atoms with Crippen LogP contribution >= 0.6 is 0 Å². The lowest BCUT2D eigenvalue weighted by Gasteiger charge is -2.27. The SMILES string of the molecule is CNCC1CCCCCC1c1ccc2c(c1)OCCO2. The van der Waals surface area contributed by atoms with E-state index in [1.165, 1.54) is 37.7 Å². The summed E-state index contributed by atoms with van der Waals surface area (Å²) in [5.74, 6) is 3.23. The first-order chi connectivity index (χ1) is 9.88. The minimum atomic E-state index is 0.653. The zero-order chi connectivity index (χ0) is 13.8. The normalized spacial score (nSPS) is 26.1. The maximum Gasteiger partial charge on any atom is 0.161 e. The molecule has 2 aliphatic rings. The highest BCUT2D eigenvalue weighted by molar-refractivity contribution is 5.45. The van der Waals surface area contributed by atoms with Crippen LogP contribution in [0.4, 0.5) is 0 Å². The Morgan fingerprint density at radius 3 is 2.70 bits per heavy atom. The molecule has 0 bridgehead atoms. The Kier molecular flexibility index (Phi) is 4.46. The molecular formula is C17H25NO2. The van der Waals surface area contributed by atoms with Crippen molar-refractivity contribution in [1.82, 2.24) is 5.32 Å². The molecule has 1 N–H and O–H groups in total. The predicted molar refractivity (Wildman–Crippen MR) is 80.7 cm³/mol. The molecule has 3 nitrogen and oxygen atoms in total. The van der Waals surface area contributed by atoms with Crippen LogP contribution in [0.25, 0.3) is 0 Å². The maximum atomic E-state index is 5.74. The number of nitrogens with one attached hydrogen (secondary N) is 1. The van der Waals surface area contributed by atoms with Crippen molar-refractivity contribution >= 4 is 0 Å². The molecule has 1 fully saturated rings. The van der Waals surface area contributed by atoms with Crippen LogP contribution in [-0.2, 0) is 0 Å². The van der Waals surface area contributed by atoms with Gasteiger partial charge in [0.15, 0.2) is 11.5 Å². The Morgan fingerprint density at radius 1 is 1.05 bits per heavy atom. The molecule has 2 unspecified atom stereocenters. The van der Waals surface area contributed by atoms with Crippen LogP contribution in [0.2, 0.25) is 0 Å². The lowest BCUT2D eigenvalue weighted by atomic mass is 9.82. The third-order valence-electron chi connectivity index (χ3n) is 4.62. The van der Waals surface area contributed by atoms with Crippen LogP contribution in [0.1, 0.15) is 43.6 Å². The molecule has 2 atom stereocenters. The highest BCUT2D eigenvalue weighted by atomic mass is 16.6. The van der Waals surface area contributed by atoms with Gasteiger partial charge in [-0.2, -0.15) is 0 Å². The van der Waals surface area contributed by atoms with E-state index in [1.807, 2.05) is 0 Å². The summed E-state index contributed by atoms with van der Waals surface area (Å²) in [6.07, 6.45) is 6.72. The van der Waals surface area contributed by atoms with Crippen molar-refractivity contribution in [3.05, 3.63) is 23.8 Å². The van der Waals surface area contributed by atoms with E-state index in [-0.39, 0.29) is 0 Å². The van der Waals surface area contributed by atoms with Crippen molar-refractivity contribution < 1.29 is 9.47 Å². The van der Waals surface area contributed by atoms with Gasteiger partial charge in [-0.15, -0.1) is 0 Å². The fourth-order valence-corrected chi connectivity index (χ4v) is 3.62. The number of fused-ring (bicyclic) bond motifs is 1. The predicted octanol–water partition coefficient (Wildman–Crippen LogP) is 3.34. The van der Waals surface area contributed by atoms with E-state index in [0.29, 0.717) is 19.1 Å². The van der Waals surface area contributed by atoms with Crippen molar-refractivity contribution in [2.24, 2.45) is 5.92 Å². The molecule has 3 heteroatoms. The van der Waals surface area contributed by atoms with E-state index in [2.05, 4.69) is 30.6 Å². The number of ether oxygens (including phenoxy) is 2. The largest absolute Gasteiger partial charge is 0.486 e. The van der Waals surface area contributed by atoms with E-state index in [4.69, 9.17) is 9.47 Å². The van der Waals surface area contributed by atoms with E-state index in [9.17, 15) is 0 Å². The quantitative estimate of drug-likeness (QED) is 0.858. The maximum absolute atomic E-state index is 5.74. The van der Waals surface area contributed by atoms with Gasteiger partial charge in [0, 0.05) is 0 Å². The molecule has 3 rings (SSSR count). The molecule has 1 aliphatic heterocycles. The Bertz CT molecular complexity index is 447. The van der Waals surface area contributed by atoms with Crippen LogP contribution < -0.4 is 14.8 Å². The Labute approximate surface area is 121 Å². The van der Waals surface area contributed by atoms with Crippen molar-refractivity contribution in [1.29, 1.82) is 0 Å². The molecule has 0 saturated heterocycles. The molecule has 110 valence electrons. The third-order valence-corrected chi connectivity index (χ3v) is 4.62. The number of rotatable bonds is 3. The first kappa shape index (κ1) is 13.7. The first-order valence-corrected chi connectivity index (χ1v) is 7.92. The van der Waals surface area contributed by atoms with Gasteiger partial charge in [0.05, 0.1) is 0 Å². The summed E-state index contributed by atoms with van der Waals surface area (Å²) in [6.45, 7) is 2.44. The zero-order valence-electron chi connectivity index (χ0n) is 12.4. The Balaban J connectivity index is 1.84. The molecule has 0 aromatic heterocycles. The second kappa shape index (κ2) is 6.49. The molecule has 0 amide bonds. The Morgan fingerprint density at radius 2 is 1.85 bits per heavy atom. The van der Waals surface area contributed by atoms with Crippen LogP contribution in [0, 0.1) is 5.92 Å². The number of hydrogen-bond donors (Lipinski definition) is 1. The Hall–Kier alpha value is -1.22. The molecule has 0 radical (unpaired) electrons. The summed E-state index contributed by atoms with van der Waals surface area (Å²) in [4.78, 5) is 0. The van der Waals surface area contributed by atoms with Gasteiger partial charge in [0.25, 0.3) is 0 Å². The van der Waals surface area contributed by atoms with Crippen LogP contribution in [0.5, 0.6) is 11.5 Å². The van der Waals surface area contributed by atoms with E-state index >= 15 is 0 Å². The molecule has 0 spiro atoms. The third kappa shape index (κ3) is 2.93. The van der Waals surface area contributed by atoms with Gasteiger partial charge < -0.3 is 14.8 Å². The van der Waals surface area contributed by atoms with Crippen molar-refractivity contribution in [2.45, 2.75) is 38.0 Å².